The Kier molecular flexibility index (Phi) is 7.94. The highest BCUT2D eigenvalue weighted by Crippen LogP contribution is 2.56. The van der Waals surface area contributed by atoms with Crippen molar-refractivity contribution in [3.8, 4) is 0 Å². The first-order valence-electron chi connectivity index (χ1n) is 8.23. The van der Waals surface area contributed by atoms with Crippen LogP contribution in [0.25, 0.3) is 0 Å². The van der Waals surface area contributed by atoms with Gasteiger partial charge in [-0.05, 0) is 41.5 Å². The van der Waals surface area contributed by atoms with E-state index in [9.17, 15) is 53.1 Å². The van der Waals surface area contributed by atoms with Crippen LogP contribution in [0.4, 0.5) is 48.3 Å². The smallest absolute Gasteiger partial charge is 0.434 e. The maximum Gasteiger partial charge on any atom is 0.434 e. The lowest BCUT2D eigenvalue weighted by Gasteiger charge is -2.46. The number of hydrogen-bond acceptors (Lipinski definition) is 3. The quantitative estimate of drug-likeness (QED) is 0.200. The molecule has 0 aliphatic heterocycles. The monoisotopic (exact) mass is 548 g/mol. The van der Waals surface area contributed by atoms with Crippen LogP contribution >= 0.6 is 15.9 Å². The van der Waals surface area contributed by atoms with Crippen LogP contribution in [0.2, 0.25) is 0 Å². The minimum Gasteiger partial charge on any atom is -0.461 e. The van der Waals surface area contributed by atoms with Crippen LogP contribution < -0.4 is 0 Å². The fraction of sp³-hybridized carbons (Fsp3) is 0.938. The predicted molar refractivity (Wildman–Crippen MR) is 89.1 cm³/mol. The molecule has 0 aliphatic carbocycles. The van der Waals surface area contributed by atoms with E-state index in [1.165, 1.54) is 0 Å². The van der Waals surface area contributed by atoms with E-state index in [0.29, 0.717) is 0 Å². The topological polar surface area (TPSA) is 35.5 Å². The number of carbonyl (C=O) groups is 1. The predicted octanol–water partition coefficient (Wildman–Crippen LogP) is 6.38. The van der Waals surface area contributed by atoms with Crippen molar-refractivity contribution < 1.29 is 62.6 Å². The van der Waals surface area contributed by atoms with Gasteiger partial charge in [0, 0.05) is 0 Å². The molecule has 15 heteroatoms. The second-order valence-corrected chi connectivity index (χ2v) is 10.1. The third-order valence-electron chi connectivity index (χ3n) is 4.29. The molecule has 0 aromatic carbocycles. The van der Waals surface area contributed by atoms with E-state index >= 15 is 0 Å². The van der Waals surface area contributed by atoms with E-state index in [2.05, 4.69) is 25.4 Å². The summed E-state index contributed by atoms with van der Waals surface area (Å²) in [6.07, 6.45) is -19.2. The Balaban J connectivity index is 6.40. The van der Waals surface area contributed by atoms with Gasteiger partial charge in [0.1, 0.15) is 16.5 Å². The molecular weight excluding hydrogens is 529 g/mol. The summed E-state index contributed by atoms with van der Waals surface area (Å²) in [6.45, 7) is -0.857. The van der Waals surface area contributed by atoms with Gasteiger partial charge in [-0.1, -0.05) is 15.9 Å². The highest BCUT2D eigenvalue weighted by Gasteiger charge is 2.82. The van der Waals surface area contributed by atoms with Crippen LogP contribution in [-0.2, 0) is 14.3 Å². The van der Waals surface area contributed by atoms with Gasteiger partial charge in [-0.3, -0.25) is 4.79 Å². The third-order valence-corrected chi connectivity index (χ3v) is 4.61. The van der Waals surface area contributed by atoms with Crippen molar-refractivity contribution in [2.45, 2.75) is 86.9 Å². The second kappa shape index (κ2) is 8.17. The van der Waals surface area contributed by atoms with Crippen LogP contribution in [0.15, 0.2) is 0 Å². The lowest BCUT2D eigenvalue weighted by Crippen LogP contribution is -2.70. The number of carbonyl (C=O) groups excluding carboxylic acids is 1. The lowest BCUT2D eigenvalue weighted by atomic mass is 9.84. The Morgan fingerprint density at radius 3 is 1.39 bits per heavy atom. The van der Waals surface area contributed by atoms with E-state index in [1.807, 2.05) is 0 Å². The van der Waals surface area contributed by atoms with Gasteiger partial charge < -0.3 is 9.47 Å². The number of esters is 1. The molecule has 0 bridgehead atoms. The fourth-order valence-electron chi connectivity index (χ4n) is 2.25. The maximum absolute atomic E-state index is 15.0. The van der Waals surface area contributed by atoms with Crippen molar-refractivity contribution in [3.05, 3.63) is 0 Å². The van der Waals surface area contributed by atoms with Gasteiger partial charge in [0.05, 0.1) is 0 Å². The van der Waals surface area contributed by atoms with Crippen molar-refractivity contribution in [3.63, 3.8) is 0 Å². The summed E-state index contributed by atoms with van der Waals surface area (Å²) in [4.78, 5) is 11.6. The van der Waals surface area contributed by atoms with Crippen molar-refractivity contribution >= 4 is 21.9 Å². The zero-order valence-corrected chi connectivity index (χ0v) is 18.6. The molecule has 0 saturated heterocycles. The minimum absolute atomic E-state index is 0.0798. The summed E-state index contributed by atoms with van der Waals surface area (Å²) in [7, 11) is 0. The Hall–Kier alpha value is -0.860. The molecule has 0 heterocycles. The number of rotatable bonds is 8. The number of ether oxygens (including phenoxy) is 2. The average molecular weight is 549 g/mol. The summed E-state index contributed by atoms with van der Waals surface area (Å²) < 4.78 is 157. The number of hydrogen-bond donors (Lipinski definition) is 0. The summed E-state index contributed by atoms with van der Waals surface area (Å²) >= 11 is 2.69. The fourth-order valence-corrected chi connectivity index (χ4v) is 2.37. The van der Waals surface area contributed by atoms with E-state index < -0.39 is 58.0 Å². The van der Waals surface area contributed by atoms with Crippen LogP contribution in [0.5, 0.6) is 0 Å². The van der Waals surface area contributed by atoms with Crippen molar-refractivity contribution in [1.29, 1.82) is 0 Å². The molecule has 2 atom stereocenters. The third kappa shape index (κ3) is 5.56. The molecule has 186 valence electrons. The van der Waals surface area contributed by atoms with Gasteiger partial charge in [0.15, 0.2) is 5.67 Å². The molecule has 0 radical (unpaired) electrons. The average Bonchev–Trinajstić information content (AvgIpc) is 2.45. The molecule has 31 heavy (non-hydrogen) atoms. The first kappa shape index (κ1) is 30.1. The molecule has 0 N–H and O–H groups in total. The van der Waals surface area contributed by atoms with Crippen molar-refractivity contribution in [1.82, 2.24) is 0 Å². The minimum atomic E-state index is -6.69. The Labute approximate surface area is 178 Å². The molecule has 0 rings (SSSR count). The molecule has 0 saturated carbocycles. The van der Waals surface area contributed by atoms with Gasteiger partial charge in [0.25, 0.3) is 5.67 Å². The summed E-state index contributed by atoms with van der Waals surface area (Å²) in [6, 6.07) is 0. The zero-order chi connectivity index (χ0) is 25.7. The highest BCUT2D eigenvalue weighted by atomic mass is 79.9. The SMILES string of the molecule is CC(C)(Br)C(=O)OCC(F)(C(F)(F)F)C(C)(C)OC(F)(F)C(F)(C(C)(C)F)C(F)(F)F. The van der Waals surface area contributed by atoms with Crippen LogP contribution in [-0.4, -0.2) is 58.0 Å². The van der Waals surface area contributed by atoms with Crippen LogP contribution in [0.1, 0.15) is 41.5 Å². The van der Waals surface area contributed by atoms with Gasteiger partial charge in [-0.2, -0.15) is 35.1 Å². The van der Waals surface area contributed by atoms with E-state index in [1.54, 1.807) is 0 Å². The van der Waals surface area contributed by atoms with Crippen LogP contribution in [0, 0.1) is 0 Å². The molecule has 2 unspecified atom stereocenters. The number of halogens is 12. The van der Waals surface area contributed by atoms with E-state index in [4.69, 9.17) is 0 Å². The molecule has 0 amide bonds. The van der Waals surface area contributed by atoms with E-state index in [0.717, 1.165) is 13.8 Å². The van der Waals surface area contributed by atoms with Gasteiger partial charge in [0.2, 0.25) is 0 Å². The number of alkyl halides is 12. The summed E-state index contributed by atoms with van der Waals surface area (Å²) in [5, 5.41) is 0. The van der Waals surface area contributed by atoms with Gasteiger partial charge in [-0.15, -0.1) is 0 Å². The van der Waals surface area contributed by atoms with Crippen molar-refractivity contribution in [2.75, 3.05) is 6.61 Å². The molecule has 0 spiro atoms. The van der Waals surface area contributed by atoms with E-state index in [-0.39, 0.29) is 27.7 Å². The lowest BCUT2D eigenvalue weighted by molar-refractivity contribution is -0.443. The first-order valence-corrected chi connectivity index (χ1v) is 9.02. The van der Waals surface area contributed by atoms with Gasteiger partial charge >= 0.3 is 30.1 Å². The molecule has 0 fully saturated rings. The standard InChI is InChI=1S/C16H20BrF11O3/c1-9(2,17)8(29)30-7-12(19,14(21,22)23)11(5,6)31-16(27,28)13(20,10(3,4)18)15(24,25)26/h7H2,1-6H3. The molecule has 0 aromatic rings. The Bertz CT molecular complexity index is 646. The Morgan fingerprint density at radius 2 is 1.13 bits per heavy atom. The highest BCUT2D eigenvalue weighted by molar-refractivity contribution is 9.10. The largest absolute Gasteiger partial charge is 0.461 e. The van der Waals surface area contributed by atoms with Crippen LogP contribution in [0.3, 0.4) is 0 Å². The summed E-state index contributed by atoms with van der Waals surface area (Å²) in [5.41, 5.74) is -19.7. The van der Waals surface area contributed by atoms with Crippen molar-refractivity contribution in [2.24, 2.45) is 0 Å². The van der Waals surface area contributed by atoms with Gasteiger partial charge in [-0.25, -0.2) is 13.2 Å². The molecular formula is C16H20BrF11O3. The second-order valence-electron chi connectivity index (χ2n) is 8.11. The first-order chi connectivity index (χ1) is 13.1. The zero-order valence-electron chi connectivity index (χ0n) is 17.0. The molecule has 0 aromatic heterocycles. The normalized spacial score (nSPS) is 18.9. The Morgan fingerprint density at radius 1 is 0.742 bits per heavy atom. The maximum atomic E-state index is 15.0. The molecule has 3 nitrogen and oxygen atoms in total. The molecule has 0 aliphatic rings. The summed E-state index contributed by atoms with van der Waals surface area (Å²) in [5.74, 6) is -1.50.